The highest BCUT2D eigenvalue weighted by atomic mass is 16.3. The van der Waals surface area contributed by atoms with E-state index in [2.05, 4.69) is 10.1 Å². The Labute approximate surface area is 139 Å². The van der Waals surface area contributed by atoms with Gasteiger partial charge in [-0.05, 0) is 19.1 Å². The highest BCUT2D eigenvalue weighted by Crippen LogP contribution is 2.21. The lowest BCUT2D eigenvalue weighted by atomic mass is 10.1. The van der Waals surface area contributed by atoms with Gasteiger partial charge >= 0.3 is 0 Å². The van der Waals surface area contributed by atoms with Gasteiger partial charge in [0.2, 0.25) is 0 Å². The number of aromatic nitrogens is 2. The van der Waals surface area contributed by atoms with Crippen LogP contribution in [0.25, 0.3) is 16.9 Å². The molecule has 24 heavy (non-hydrogen) atoms. The number of benzene rings is 2. The zero-order valence-corrected chi connectivity index (χ0v) is 13.4. The van der Waals surface area contributed by atoms with Crippen LogP contribution in [0.2, 0.25) is 0 Å². The van der Waals surface area contributed by atoms with Crippen molar-refractivity contribution in [2.75, 3.05) is 13.2 Å². The zero-order chi connectivity index (χ0) is 16.9. The summed E-state index contributed by atoms with van der Waals surface area (Å²) >= 11 is 0. The average molecular weight is 321 g/mol. The first-order valence-corrected chi connectivity index (χ1v) is 7.80. The first kappa shape index (κ1) is 16.0. The van der Waals surface area contributed by atoms with E-state index in [1.54, 1.807) is 6.92 Å². The third-order valence-electron chi connectivity index (χ3n) is 3.78. The minimum absolute atomic E-state index is 0.0463. The van der Waals surface area contributed by atoms with Crippen LogP contribution in [-0.4, -0.2) is 33.8 Å². The van der Waals surface area contributed by atoms with Gasteiger partial charge in [-0.25, -0.2) is 4.68 Å². The van der Waals surface area contributed by atoms with Crippen molar-refractivity contribution in [3.05, 3.63) is 76.6 Å². The lowest BCUT2D eigenvalue weighted by Crippen LogP contribution is -2.19. The molecule has 1 heterocycles. The summed E-state index contributed by atoms with van der Waals surface area (Å²) in [7, 11) is 0. The molecule has 122 valence electrons. The molecule has 0 atom stereocenters. The van der Waals surface area contributed by atoms with E-state index >= 15 is 0 Å². The highest BCUT2D eigenvalue weighted by molar-refractivity contribution is 6.03. The van der Waals surface area contributed by atoms with Gasteiger partial charge in [-0.2, -0.15) is 0 Å². The minimum Gasteiger partial charge on any atom is -0.394 e. The second-order valence-corrected chi connectivity index (χ2v) is 5.39. The molecule has 5 nitrogen and oxygen atoms in total. The van der Waals surface area contributed by atoms with E-state index in [0.717, 1.165) is 16.9 Å². The normalized spacial score (nSPS) is 11.7. The molecule has 0 spiro atoms. The molecule has 0 amide bonds. The maximum atomic E-state index is 13.0. The van der Waals surface area contributed by atoms with E-state index in [0.29, 0.717) is 11.3 Å². The molecule has 5 heteroatoms. The third-order valence-corrected chi connectivity index (χ3v) is 3.78. The third kappa shape index (κ3) is 3.07. The summed E-state index contributed by atoms with van der Waals surface area (Å²) in [5.41, 5.74) is 3.39. The van der Waals surface area contributed by atoms with Crippen molar-refractivity contribution in [3.63, 3.8) is 0 Å². The molecular formula is C19H19N3O2. The van der Waals surface area contributed by atoms with E-state index in [9.17, 15) is 4.79 Å². The van der Waals surface area contributed by atoms with Crippen molar-refractivity contribution in [2.45, 2.75) is 6.92 Å². The summed E-state index contributed by atoms with van der Waals surface area (Å²) in [5.74, 6) is 0. The van der Waals surface area contributed by atoms with Gasteiger partial charge in [-0.1, -0.05) is 48.5 Å². The number of aromatic amines is 1. The fourth-order valence-corrected chi connectivity index (χ4v) is 2.64. The Hall–Kier alpha value is -2.92. The quantitative estimate of drug-likeness (QED) is 0.709. The van der Waals surface area contributed by atoms with Gasteiger partial charge in [-0.3, -0.25) is 14.9 Å². The zero-order valence-electron chi connectivity index (χ0n) is 13.4. The molecule has 0 radical (unpaired) electrons. The number of aliphatic hydroxyl groups excluding tert-OH is 1. The Morgan fingerprint density at radius 2 is 1.71 bits per heavy atom. The fourth-order valence-electron chi connectivity index (χ4n) is 2.64. The maximum absolute atomic E-state index is 13.0. The van der Waals surface area contributed by atoms with Crippen molar-refractivity contribution >= 4 is 5.71 Å². The van der Waals surface area contributed by atoms with Gasteiger partial charge in [0.05, 0.1) is 30.1 Å². The second kappa shape index (κ2) is 7.10. The summed E-state index contributed by atoms with van der Waals surface area (Å²) < 4.78 is 1.52. The number of hydrogen-bond acceptors (Lipinski definition) is 3. The summed E-state index contributed by atoms with van der Waals surface area (Å²) in [6, 6.07) is 19.1. The van der Waals surface area contributed by atoms with Crippen LogP contribution >= 0.6 is 0 Å². The molecular weight excluding hydrogens is 302 g/mol. The molecule has 0 fully saturated rings. The van der Waals surface area contributed by atoms with Gasteiger partial charge in [-0.15, -0.1) is 0 Å². The molecule has 0 aliphatic rings. The maximum Gasteiger partial charge on any atom is 0.280 e. The molecule has 0 saturated carbocycles. The monoisotopic (exact) mass is 321 g/mol. The Morgan fingerprint density at radius 1 is 1.08 bits per heavy atom. The van der Waals surface area contributed by atoms with E-state index < -0.39 is 0 Å². The molecule has 1 aromatic heterocycles. The SMILES string of the molecule is CC(=NCCO)c1c(-c2ccccc2)[nH]n(-c2ccccc2)c1=O. The molecule has 0 saturated heterocycles. The van der Waals surface area contributed by atoms with E-state index in [1.165, 1.54) is 4.68 Å². The van der Waals surface area contributed by atoms with Gasteiger partial charge in [0.1, 0.15) is 0 Å². The number of aliphatic imine (C=N–C) groups is 1. The molecule has 0 aliphatic heterocycles. The van der Waals surface area contributed by atoms with E-state index in [4.69, 9.17) is 5.11 Å². The molecule has 0 aliphatic carbocycles. The van der Waals surface area contributed by atoms with Crippen LogP contribution in [0.4, 0.5) is 0 Å². The first-order chi connectivity index (χ1) is 11.7. The second-order valence-electron chi connectivity index (χ2n) is 5.39. The average Bonchev–Trinajstić information content (AvgIpc) is 2.98. The summed E-state index contributed by atoms with van der Waals surface area (Å²) in [5, 5.41) is 12.2. The fraction of sp³-hybridized carbons (Fsp3) is 0.158. The van der Waals surface area contributed by atoms with Crippen LogP contribution in [0.3, 0.4) is 0 Å². The molecule has 0 unspecified atom stereocenters. The number of aliphatic hydroxyl groups is 1. The van der Waals surface area contributed by atoms with Crippen molar-refractivity contribution in [3.8, 4) is 16.9 Å². The van der Waals surface area contributed by atoms with Crippen LogP contribution in [0.15, 0.2) is 70.5 Å². The van der Waals surface area contributed by atoms with Crippen LogP contribution in [-0.2, 0) is 0 Å². The Kier molecular flexibility index (Phi) is 4.72. The largest absolute Gasteiger partial charge is 0.394 e. The predicted molar refractivity (Wildman–Crippen MR) is 96.0 cm³/mol. The molecule has 3 rings (SSSR count). The van der Waals surface area contributed by atoms with Crippen molar-refractivity contribution in [1.29, 1.82) is 0 Å². The lowest BCUT2D eigenvalue weighted by molar-refractivity contribution is 0.307. The predicted octanol–water partition coefficient (Wildman–Crippen LogP) is 2.63. The Morgan fingerprint density at radius 3 is 2.33 bits per heavy atom. The summed E-state index contributed by atoms with van der Waals surface area (Å²) in [4.78, 5) is 17.3. The van der Waals surface area contributed by atoms with Crippen LogP contribution in [0.1, 0.15) is 12.5 Å². The highest BCUT2D eigenvalue weighted by Gasteiger charge is 2.18. The topological polar surface area (TPSA) is 70.4 Å². The summed E-state index contributed by atoms with van der Waals surface area (Å²) in [6.45, 7) is 2.02. The van der Waals surface area contributed by atoms with Crippen molar-refractivity contribution in [1.82, 2.24) is 9.78 Å². The number of para-hydroxylation sites is 1. The Bertz CT molecular complexity index is 893. The van der Waals surface area contributed by atoms with Crippen LogP contribution < -0.4 is 5.56 Å². The van der Waals surface area contributed by atoms with Crippen LogP contribution in [0, 0.1) is 0 Å². The summed E-state index contributed by atoms with van der Waals surface area (Å²) in [6.07, 6.45) is 0. The van der Waals surface area contributed by atoms with Gasteiger partial charge in [0.15, 0.2) is 0 Å². The minimum atomic E-state index is -0.153. The standard InChI is InChI=1S/C19H19N3O2/c1-14(20-12-13-23)17-18(15-8-4-2-5-9-15)21-22(19(17)24)16-10-6-3-7-11-16/h2-11,21,23H,12-13H2,1H3. The Balaban J connectivity index is 2.22. The molecule has 2 N–H and O–H groups in total. The number of nitrogens with zero attached hydrogens (tertiary/aromatic N) is 2. The molecule has 0 bridgehead atoms. The number of rotatable bonds is 5. The van der Waals surface area contributed by atoms with E-state index in [-0.39, 0.29) is 18.7 Å². The smallest absolute Gasteiger partial charge is 0.280 e. The van der Waals surface area contributed by atoms with Crippen LogP contribution in [0.5, 0.6) is 0 Å². The van der Waals surface area contributed by atoms with Crippen molar-refractivity contribution < 1.29 is 5.11 Å². The number of nitrogens with one attached hydrogen (secondary N) is 1. The number of hydrogen-bond donors (Lipinski definition) is 2. The molecule has 3 aromatic rings. The van der Waals surface area contributed by atoms with Crippen molar-refractivity contribution in [2.24, 2.45) is 4.99 Å². The van der Waals surface area contributed by atoms with Gasteiger partial charge < -0.3 is 5.11 Å². The first-order valence-electron chi connectivity index (χ1n) is 7.80. The van der Waals surface area contributed by atoms with E-state index in [1.807, 2.05) is 60.7 Å². The lowest BCUT2D eigenvalue weighted by Gasteiger charge is -2.02. The molecule has 2 aromatic carbocycles. The number of H-pyrrole nitrogens is 1. The van der Waals surface area contributed by atoms with Gasteiger partial charge in [0.25, 0.3) is 5.56 Å². The van der Waals surface area contributed by atoms with Gasteiger partial charge in [0, 0.05) is 11.3 Å².